The molecule has 0 aliphatic carbocycles. The second-order valence-electron chi connectivity index (χ2n) is 7.93. The standard InChI is InChI=1S/C22H27N3O5S/c1-15(16-4-7-18(8-5-16)31(23,27)28)24-22(26)14-25-10-2-3-19(25)17-6-9-20-21(13-17)30-12-11-29-20/h4-9,13,15,19H,2-3,10-12,14H2,1H3,(H,24,26)(H2,23,27,28)/t15-,19+/m1/s1. The monoisotopic (exact) mass is 445 g/mol. The fourth-order valence-corrected chi connectivity index (χ4v) is 4.68. The largest absolute Gasteiger partial charge is 0.486 e. The van der Waals surface area contributed by atoms with Crippen LogP contribution in [0, 0.1) is 0 Å². The number of carbonyl (C=O) groups is 1. The van der Waals surface area contributed by atoms with Crippen LogP contribution in [0.15, 0.2) is 47.4 Å². The van der Waals surface area contributed by atoms with E-state index in [1.54, 1.807) is 12.1 Å². The Morgan fingerprint density at radius 3 is 2.58 bits per heavy atom. The molecule has 2 aliphatic heterocycles. The lowest BCUT2D eigenvalue weighted by Gasteiger charge is -2.26. The summed E-state index contributed by atoms with van der Waals surface area (Å²) in [6.45, 7) is 4.11. The number of nitrogens with one attached hydrogen (secondary N) is 1. The summed E-state index contributed by atoms with van der Waals surface area (Å²) in [5, 5.41) is 8.13. The van der Waals surface area contributed by atoms with Crippen molar-refractivity contribution in [3.63, 3.8) is 0 Å². The van der Waals surface area contributed by atoms with Crippen LogP contribution >= 0.6 is 0 Å². The number of benzene rings is 2. The summed E-state index contributed by atoms with van der Waals surface area (Å²) < 4.78 is 34.1. The average molecular weight is 446 g/mol. The Morgan fingerprint density at radius 2 is 1.87 bits per heavy atom. The van der Waals surface area contributed by atoms with Gasteiger partial charge in [0.2, 0.25) is 15.9 Å². The highest BCUT2D eigenvalue weighted by molar-refractivity contribution is 7.89. The number of carbonyl (C=O) groups excluding carboxylic acids is 1. The van der Waals surface area contributed by atoms with E-state index in [1.807, 2.05) is 25.1 Å². The van der Waals surface area contributed by atoms with E-state index >= 15 is 0 Å². The summed E-state index contributed by atoms with van der Waals surface area (Å²) in [7, 11) is -3.73. The van der Waals surface area contributed by atoms with Crippen LogP contribution in [-0.4, -0.2) is 45.5 Å². The number of nitrogens with two attached hydrogens (primary N) is 1. The van der Waals surface area contributed by atoms with Crippen molar-refractivity contribution in [1.82, 2.24) is 10.2 Å². The first-order valence-electron chi connectivity index (χ1n) is 10.4. The number of sulfonamides is 1. The topological polar surface area (TPSA) is 111 Å². The number of fused-ring (bicyclic) bond motifs is 1. The fourth-order valence-electron chi connectivity index (χ4n) is 4.16. The van der Waals surface area contributed by atoms with E-state index < -0.39 is 10.0 Å². The molecule has 2 heterocycles. The van der Waals surface area contributed by atoms with Crippen LogP contribution in [0.3, 0.4) is 0 Å². The predicted molar refractivity (Wildman–Crippen MR) is 115 cm³/mol. The van der Waals surface area contributed by atoms with E-state index in [9.17, 15) is 13.2 Å². The number of hydrogen-bond acceptors (Lipinski definition) is 6. The second-order valence-corrected chi connectivity index (χ2v) is 9.50. The lowest BCUT2D eigenvalue weighted by Crippen LogP contribution is -2.38. The van der Waals surface area contributed by atoms with Gasteiger partial charge in [-0.1, -0.05) is 18.2 Å². The molecule has 0 spiro atoms. The second kappa shape index (κ2) is 8.86. The van der Waals surface area contributed by atoms with Gasteiger partial charge < -0.3 is 14.8 Å². The summed E-state index contributed by atoms with van der Waals surface area (Å²) in [6.07, 6.45) is 2.01. The molecule has 0 radical (unpaired) electrons. The molecule has 0 saturated carbocycles. The Labute approximate surface area is 182 Å². The number of rotatable bonds is 6. The van der Waals surface area contributed by atoms with Gasteiger partial charge in [0.05, 0.1) is 17.5 Å². The zero-order chi connectivity index (χ0) is 22.0. The number of primary sulfonamides is 1. The minimum Gasteiger partial charge on any atom is -0.486 e. The van der Waals surface area contributed by atoms with Crippen LogP contribution in [-0.2, 0) is 14.8 Å². The van der Waals surface area contributed by atoms with Crippen molar-refractivity contribution in [2.24, 2.45) is 5.14 Å². The third-order valence-corrected chi connectivity index (χ3v) is 6.68. The van der Waals surface area contributed by atoms with Gasteiger partial charge >= 0.3 is 0 Å². The highest BCUT2D eigenvalue weighted by atomic mass is 32.2. The third-order valence-electron chi connectivity index (χ3n) is 5.75. The van der Waals surface area contributed by atoms with Gasteiger partial charge in [-0.2, -0.15) is 0 Å². The highest BCUT2D eigenvalue weighted by Crippen LogP contribution is 2.37. The summed E-state index contributed by atoms with van der Waals surface area (Å²) in [5.41, 5.74) is 1.94. The molecule has 9 heteroatoms. The van der Waals surface area contributed by atoms with Crippen molar-refractivity contribution in [3.8, 4) is 11.5 Å². The van der Waals surface area contributed by atoms with Crippen molar-refractivity contribution in [2.45, 2.75) is 36.7 Å². The smallest absolute Gasteiger partial charge is 0.238 e. The molecule has 1 amide bonds. The molecule has 0 unspecified atom stereocenters. The van der Waals surface area contributed by atoms with Gasteiger partial charge in [-0.3, -0.25) is 9.69 Å². The lowest BCUT2D eigenvalue weighted by molar-refractivity contribution is -0.123. The van der Waals surface area contributed by atoms with Gasteiger partial charge in [-0.15, -0.1) is 0 Å². The fraction of sp³-hybridized carbons (Fsp3) is 0.409. The maximum Gasteiger partial charge on any atom is 0.238 e. The van der Waals surface area contributed by atoms with Gasteiger partial charge in [-0.25, -0.2) is 13.6 Å². The van der Waals surface area contributed by atoms with Gasteiger partial charge in [0.15, 0.2) is 11.5 Å². The van der Waals surface area contributed by atoms with Gasteiger partial charge in [0.25, 0.3) is 0 Å². The van der Waals surface area contributed by atoms with E-state index in [-0.39, 0.29) is 22.9 Å². The Kier molecular flexibility index (Phi) is 6.17. The first-order valence-corrected chi connectivity index (χ1v) is 11.9. The van der Waals surface area contributed by atoms with E-state index in [0.717, 1.165) is 42.0 Å². The van der Waals surface area contributed by atoms with Crippen molar-refractivity contribution in [1.29, 1.82) is 0 Å². The zero-order valence-electron chi connectivity index (χ0n) is 17.4. The van der Waals surface area contributed by atoms with Crippen molar-refractivity contribution < 1.29 is 22.7 Å². The lowest BCUT2D eigenvalue weighted by atomic mass is 10.0. The van der Waals surface area contributed by atoms with Gasteiger partial charge in [0, 0.05) is 6.04 Å². The Bertz CT molecular complexity index is 1060. The van der Waals surface area contributed by atoms with Crippen molar-refractivity contribution in [3.05, 3.63) is 53.6 Å². The number of ether oxygens (including phenoxy) is 2. The zero-order valence-corrected chi connectivity index (χ0v) is 18.2. The molecule has 2 aliphatic rings. The normalized spacial score (nSPS) is 19.7. The predicted octanol–water partition coefficient (Wildman–Crippen LogP) is 2.12. The molecule has 2 aromatic rings. The number of likely N-dealkylation sites (tertiary alicyclic amines) is 1. The van der Waals surface area contributed by atoms with Gasteiger partial charge in [-0.05, 0) is 61.7 Å². The van der Waals surface area contributed by atoms with E-state index in [1.165, 1.54) is 12.1 Å². The number of nitrogens with zero attached hydrogens (tertiary/aromatic N) is 1. The third kappa shape index (κ3) is 5.00. The molecule has 1 saturated heterocycles. The Morgan fingerprint density at radius 1 is 1.16 bits per heavy atom. The van der Waals surface area contributed by atoms with E-state index in [4.69, 9.17) is 14.6 Å². The number of hydrogen-bond donors (Lipinski definition) is 2. The molecule has 0 bridgehead atoms. The van der Waals surface area contributed by atoms with Gasteiger partial charge in [0.1, 0.15) is 13.2 Å². The quantitative estimate of drug-likeness (QED) is 0.705. The maximum atomic E-state index is 12.7. The Balaban J connectivity index is 1.38. The van der Waals surface area contributed by atoms with Crippen LogP contribution in [0.25, 0.3) is 0 Å². The molecule has 2 aromatic carbocycles. The van der Waals surface area contributed by atoms with Crippen molar-refractivity contribution in [2.75, 3.05) is 26.3 Å². The summed E-state index contributed by atoms with van der Waals surface area (Å²) in [6, 6.07) is 12.1. The summed E-state index contributed by atoms with van der Waals surface area (Å²) in [5.74, 6) is 1.45. The summed E-state index contributed by atoms with van der Waals surface area (Å²) in [4.78, 5) is 14.9. The molecule has 166 valence electrons. The van der Waals surface area contributed by atoms with Crippen LogP contribution in [0.1, 0.15) is 43.0 Å². The first kappa shape index (κ1) is 21.6. The van der Waals surface area contributed by atoms with Crippen LogP contribution in [0.5, 0.6) is 11.5 Å². The molecule has 4 rings (SSSR count). The SMILES string of the molecule is C[C@@H](NC(=O)CN1CCC[C@H]1c1ccc2c(c1)OCCO2)c1ccc(S(N)(=O)=O)cc1. The minimum atomic E-state index is -3.73. The minimum absolute atomic E-state index is 0.0501. The summed E-state index contributed by atoms with van der Waals surface area (Å²) >= 11 is 0. The Hall–Kier alpha value is -2.62. The molecule has 3 N–H and O–H groups in total. The highest BCUT2D eigenvalue weighted by Gasteiger charge is 2.29. The van der Waals surface area contributed by atoms with Crippen LogP contribution in [0.4, 0.5) is 0 Å². The molecule has 0 aromatic heterocycles. The first-order chi connectivity index (χ1) is 14.8. The molecular weight excluding hydrogens is 418 g/mol. The average Bonchev–Trinajstić information content (AvgIpc) is 3.20. The maximum absolute atomic E-state index is 12.7. The molecule has 8 nitrogen and oxygen atoms in total. The van der Waals surface area contributed by atoms with E-state index in [0.29, 0.717) is 19.8 Å². The van der Waals surface area contributed by atoms with Crippen LogP contribution in [0.2, 0.25) is 0 Å². The van der Waals surface area contributed by atoms with Crippen molar-refractivity contribution >= 4 is 15.9 Å². The molecule has 1 fully saturated rings. The molecular formula is C22H27N3O5S. The van der Waals surface area contributed by atoms with Crippen LogP contribution < -0.4 is 19.9 Å². The number of amides is 1. The molecule has 31 heavy (non-hydrogen) atoms. The van der Waals surface area contributed by atoms with E-state index in [2.05, 4.69) is 10.2 Å². The molecule has 2 atom stereocenters.